The molecule has 3 nitrogen and oxygen atoms in total. The summed E-state index contributed by atoms with van der Waals surface area (Å²) < 4.78 is 17.6. The molecule has 122 valence electrons. The fourth-order valence-corrected chi connectivity index (χ4v) is 3.78. The highest BCUT2D eigenvalue weighted by molar-refractivity contribution is 9.10. The van der Waals surface area contributed by atoms with E-state index in [0.29, 0.717) is 28.8 Å². The van der Waals surface area contributed by atoms with E-state index in [0.717, 1.165) is 21.2 Å². The first-order valence-electron chi connectivity index (χ1n) is 7.51. The zero-order chi connectivity index (χ0) is 17.3. The van der Waals surface area contributed by atoms with Crippen LogP contribution in [-0.4, -0.2) is 11.4 Å². The Morgan fingerprint density at radius 1 is 1.08 bits per heavy atom. The van der Waals surface area contributed by atoms with Crippen LogP contribution in [0.2, 0.25) is 0 Å². The van der Waals surface area contributed by atoms with Crippen LogP contribution < -0.4 is 0 Å². The van der Waals surface area contributed by atoms with Crippen LogP contribution in [0.3, 0.4) is 0 Å². The van der Waals surface area contributed by atoms with Gasteiger partial charge in [-0.1, -0.05) is 58.4 Å². The van der Waals surface area contributed by atoms with Crippen LogP contribution in [-0.2, 0) is 31.2 Å². The molecule has 0 radical (unpaired) electrons. The van der Waals surface area contributed by atoms with Crippen molar-refractivity contribution in [3.05, 3.63) is 69.7 Å². The minimum atomic E-state index is -0.892. The zero-order valence-electron chi connectivity index (χ0n) is 13.3. The van der Waals surface area contributed by atoms with Gasteiger partial charge in [0.15, 0.2) is 5.60 Å². The average Bonchev–Trinajstić information content (AvgIpc) is 2.80. The highest BCUT2D eigenvalue weighted by atomic mass is 79.9. The fraction of sp³-hybridized carbons (Fsp3) is 0.211. The smallest absolute Gasteiger partial charge is 0.463 e. The fourth-order valence-electron chi connectivity index (χ4n) is 2.70. The number of Topliss-reactive ketones (excluding diaryl/α,β-unsaturated/α-hetero) is 1. The lowest BCUT2D eigenvalue weighted by atomic mass is 9.92. The number of ether oxygens (including phenoxy) is 1. The van der Waals surface area contributed by atoms with Crippen molar-refractivity contribution >= 4 is 44.7 Å². The monoisotopic (exact) mass is 403 g/mol. The Morgan fingerprint density at radius 2 is 1.79 bits per heavy atom. The van der Waals surface area contributed by atoms with Gasteiger partial charge in [-0.15, -0.1) is 0 Å². The first-order chi connectivity index (χ1) is 11.4. The quantitative estimate of drug-likeness (QED) is 0.699. The maximum Gasteiger partial charge on any atom is 0.463 e. The number of hydrogen-bond acceptors (Lipinski definition) is 3. The molecule has 1 heterocycles. The number of ketones is 1. The van der Waals surface area contributed by atoms with Gasteiger partial charge in [0.2, 0.25) is 5.78 Å². The maximum absolute atomic E-state index is 12.8. The van der Waals surface area contributed by atoms with Crippen molar-refractivity contribution in [1.82, 2.24) is 0 Å². The van der Waals surface area contributed by atoms with E-state index in [2.05, 4.69) is 15.9 Å². The number of halogens is 1. The van der Waals surface area contributed by atoms with Crippen LogP contribution in [0.5, 0.6) is 0 Å². The second kappa shape index (κ2) is 6.57. The van der Waals surface area contributed by atoms with E-state index in [4.69, 9.17) is 4.74 Å². The molecule has 0 atom stereocenters. The molecule has 0 saturated carbocycles. The van der Waals surface area contributed by atoms with Gasteiger partial charge in [0.05, 0.1) is 5.57 Å². The normalized spacial score (nSPS) is 16.2. The molecule has 0 aliphatic carbocycles. The molecule has 3 rings (SSSR count). The van der Waals surface area contributed by atoms with E-state index >= 15 is 0 Å². The van der Waals surface area contributed by atoms with Crippen molar-refractivity contribution in [1.29, 1.82) is 0 Å². The molecule has 0 aromatic heterocycles. The Balaban J connectivity index is 2.15. The van der Waals surface area contributed by atoms with E-state index in [1.54, 1.807) is 13.8 Å². The number of benzene rings is 2. The molecule has 0 bridgehead atoms. The minimum Gasteiger partial charge on any atom is -0.478 e. The summed E-state index contributed by atoms with van der Waals surface area (Å²) in [6.07, 6.45) is 0. The summed E-state index contributed by atoms with van der Waals surface area (Å²) in [6.45, 7) is 3.56. The maximum atomic E-state index is 12.8. The molecule has 0 amide bonds. The lowest BCUT2D eigenvalue weighted by Gasteiger charge is -2.18. The van der Waals surface area contributed by atoms with Crippen LogP contribution >= 0.6 is 15.9 Å². The lowest BCUT2D eigenvalue weighted by molar-refractivity contribution is -0.125. The predicted octanol–water partition coefficient (Wildman–Crippen LogP) is 4.62. The van der Waals surface area contributed by atoms with Crippen molar-refractivity contribution in [2.75, 3.05) is 0 Å². The highest BCUT2D eigenvalue weighted by Gasteiger charge is 2.42. The zero-order valence-corrected chi connectivity index (χ0v) is 15.7. The molecule has 24 heavy (non-hydrogen) atoms. The van der Waals surface area contributed by atoms with Gasteiger partial charge >= 0.3 is 11.7 Å². The number of rotatable bonds is 4. The predicted molar refractivity (Wildman–Crippen MR) is 99.3 cm³/mol. The molecular formula is C19H16BrO3S+. The van der Waals surface area contributed by atoms with Gasteiger partial charge in [-0.2, -0.15) is 0 Å². The summed E-state index contributed by atoms with van der Waals surface area (Å²) in [6, 6.07) is 15.2. The van der Waals surface area contributed by atoms with E-state index < -0.39 is 5.60 Å². The Hall–Kier alpha value is -1.85. The van der Waals surface area contributed by atoms with Crippen LogP contribution in [0.1, 0.15) is 30.5 Å². The summed E-state index contributed by atoms with van der Waals surface area (Å²) in [5.41, 5.74) is 2.29. The second-order valence-electron chi connectivity index (χ2n) is 6.08. The van der Waals surface area contributed by atoms with Crippen LogP contribution in [0, 0.1) is 0 Å². The molecule has 0 N–H and O–H groups in total. The Bertz CT molecular complexity index is 841. The van der Waals surface area contributed by atoms with Crippen LogP contribution in [0.15, 0.2) is 53.0 Å². The van der Waals surface area contributed by atoms with Crippen molar-refractivity contribution in [3.8, 4) is 0 Å². The molecule has 0 spiro atoms. The summed E-state index contributed by atoms with van der Waals surface area (Å²) >= 11 is 4.03. The number of carbonyl (C=O) groups is 1. The molecule has 0 fully saturated rings. The van der Waals surface area contributed by atoms with E-state index in [1.165, 1.54) is 0 Å². The first-order valence-corrected chi connectivity index (χ1v) is 9.21. The van der Waals surface area contributed by atoms with E-state index in [9.17, 15) is 9.00 Å². The largest absolute Gasteiger partial charge is 0.478 e. The molecule has 5 heteroatoms. The Kier molecular flexibility index (Phi) is 4.65. The third kappa shape index (κ3) is 3.06. The van der Waals surface area contributed by atoms with Crippen LogP contribution in [0.25, 0.3) is 11.3 Å². The summed E-state index contributed by atoms with van der Waals surface area (Å²) in [7, 11) is 0. The van der Waals surface area contributed by atoms with Crippen molar-refractivity contribution in [2.45, 2.75) is 25.2 Å². The van der Waals surface area contributed by atoms with Gasteiger partial charge in [0, 0.05) is 19.8 Å². The molecular weight excluding hydrogens is 388 g/mol. The first kappa shape index (κ1) is 17.0. The van der Waals surface area contributed by atoms with Gasteiger partial charge < -0.3 is 4.74 Å². The topological polar surface area (TPSA) is 43.4 Å². The van der Waals surface area contributed by atoms with E-state index in [-0.39, 0.29) is 5.78 Å². The minimum absolute atomic E-state index is 0.0287. The third-order valence-electron chi connectivity index (χ3n) is 3.95. The van der Waals surface area contributed by atoms with Gasteiger partial charge in [-0.3, -0.25) is 4.79 Å². The van der Waals surface area contributed by atoms with Crippen LogP contribution in [0.4, 0.5) is 0 Å². The average molecular weight is 404 g/mol. The Labute approximate surface area is 153 Å². The molecule has 0 saturated heterocycles. The molecule has 1 aliphatic rings. The molecule has 1 aliphatic heterocycles. The van der Waals surface area contributed by atoms with Gasteiger partial charge in [0.1, 0.15) is 5.76 Å². The highest BCUT2D eigenvalue weighted by Crippen LogP contribution is 2.41. The van der Waals surface area contributed by atoms with Crippen molar-refractivity contribution in [3.63, 3.8) is 0 Å². The van der Waals surface area contributed by atoms with Crippen molar-refractivity contribution < 1.29 is 13.7 Å². The van der Waals surface area contributed by atoms with E-state index in [1.807, 2.05) is 48.5 Å². The van der Waals surface area contributed by atoms with Gasteiger partial charge in [0.25, 0.3) is 5.75 Å². The second-order valence-corrected chi connectivity index (χ2v) is 7.46. The standard InChI is InChI=1S/C19H16BrO3S/c1-19(2)18(21)16(12-6-4-3-5-7-12)17(23-19)13-8-9-14(11-24-22)15(20)10-13/h3-10H,11H2,1-2H3/q+1. The summed E-state index contributed by atoms with van der Waals surface area (Å²) in [5, 5.41) is 0. The SMILES string of the molecule is CC1(C)OC(c2ccc(C[S+]=O)c(Br)c2)=C(c2ccccc2)C1=O. The molecule has 2 aromatic carbocycles. The van der Waals surface area contributed by atoms with Crippen molar-refractivity contribution in [2.24, 2.45) is 0 Å². The summed E-state index contributed by atoms with van der Waals surface area (Å²) in [5.74, 6) is 0.939. The number of hydrogen-bond donors (Lipinski definition) is 0. The van der Waals surface area contributed by atoms with Gasteiger partial charge in [-0.25, -0.2) is 0 Å². The summed E-state index contributed by atoms with van der Waals surface area (Å²) in [4.78, 5) is 12.8. The third-order valence-corrected chi connectivity index (χ3v) is 5.12. The lowest BCUT2D eigenvalue weighted by Crippen LogP contribution is -2.29. The Morgan fingerprint density at radius 3 is 2.42 bits per heavy atom. The molecule has 2 aromatic rings. The van der Waals surface area contributed by atoms with Gasteiger partial charge in [-0.05, 0) is 25.5 Å². The molecule has 0 unspecified atom stereocenters. The number of carbonyl (C=O) groups excluding carboxylic acids is 1.